The van der Waals surface area contributed by atoms with Gasteiger partial charge in [-0.25, -0.2) is 0 Å². The third-order valence-electron chi connectivity index (χ3n) is 3.51. The first-order valence-electron chi connectivity index (χ1n) is 6.46. The topological polar surface area (TPSA) is 58.4 Å². The number of rotatable bonds is 3. The van der Waals surface area contributed by atoms with Crippen LogP contribution in [0.3, 0.4) is 0 Å². The predicted molar refractivity (Wildman–Crippen MR) is 72.0 cm³/mol. The van der Waals surface area contributed by atoms with E-state index in [1.165, 1.54) is 0 Å². The van der Waals surface area contributed by atoms with Crippen molar-refractivity contribution >= 4 is 5.91 Å². The van der Waals surface area contributed by atoms with Crippen molar-refractivity contribution in [3.63, 3.8) is 0 Å². The maximum absolute atomic E-state index is 12.0. The van der Waals surface area contributed by atoms with Crippen LogP contribution in [0.2, 0.25) is 0 Å². The highest BCUT2D eigenvalue weighted by molar-refractivity contribution is 5.83. The zero-order valence-electron chi connectivity index (χ0n) is 10.8. The second-order valence-corrected chi connectivity index (χ2v) is 4.97. The highest BCUT2D eigenvalue weighted by Gasteiger charge is 2.22. The summed E-state index contributed by atoms with van der Waals surface area (Å²) >= 11 is 0. The van der Waals surface area contributed by atoms with Crippen LogP contribution in [0.15, 0.2) is 30.3 Å². The molecule has 0 unspecified atom stereocenters. The van der Waals surface area contributed by atoms with Crippen LogP contribution in [0, 0.1) is 0 Å². The highest BCUT2D eigenvalue weighted by atomic mass is 16.2. The lowest BCUT2D eigenvalue weighted by Gasteiger charge is -2.30. The third-order valence-corrected chi connectivity index (χ3v) is 3.51. The number of amides is 1. The van der Waals surface area contributed by atoms with Gasteiger partial charge in [0.1, 0.15) is 6.04 Å². The standard InChI is InChI=1S/C14H21N3O/c1-17-9-7-12(8-10-17)16-14(18)13(15)11-5-3-2-4-6-11/h2-6,12-13H,7-10,15H2,1H3,(H,16,18)/t13-/m1/s1. The normalized spacial score (nSPS) is 19.4. The Labute approximate surface area is 108 Å². The van der Waals surface area contributed by atoms with E-state index >= 15 is 0 Å². The Hall–Kier alpha value is -1.39. The first-order chi connectivity index (χ1) is 8.66. The molecule has 1 atom stereocenters. The number of carbonyl (C=O) groups is 1. The number of nitrogens with one attached hydrogen (secondary N) is 1. The molecular formula is C14H21N3O. The summed E-state index contributed by atoms with van der Waals surface area (Å²) in [5, 5.41) is 3.05. The Morgan fingerprint density at radius 3 is 2.56 bits per heavy atom. The van der Waals surface area contributed by atoms with Crippen LogP contribution in [0.5, 0.6) is 0 Å². The molecular weight excluding hydrogens is 226 g/mol. The number of hydrogen-bond donors (Lipinski definition) is 2. The van der Waals surface area contributed by atoms with Crippen LogP contribution in [0.4, 0.5) is 0 Å². The van der Waals surface area contributed by atoms with Crippen LogP contribution in [0.25, 0.3) is 0 Å². The Bertz CT molecular complexity index is 385. The molecule has 1 saturated heterocycles. The number of likely N-dealkylation sites (tertiary alicyclic amines) is 1. The van der Waals surface area contributed by atoms with Gasteiger partial charge in [0.05, 0.1) is 0 Å². The van der Waals surface area contributed by atoms with Gasteiger partial charge in [0.15, 0.2) is 0 Å². The van der Waals surface area contributed by atoms with E-state index < -0.39 is 6.04 Å². The molecule has 0 bridgehead atoms. The molecule has 0 aromatic heterocycles. The SMILES string of the molecule is CN1CCC(NC(=O)[C@H](N)c2ccccc2)CC1. The minimum Gasteiger partial charge on any atom is -0.352 e. The average molecular weight is 247 g/mol. The molecule has 1 heterocycles. The minimum absolute atomic E-state index is 0.0734. The van der Waals surface area contributed by atoms with E-state index in [4.69, 9.17) is 5.73 Å². The molecule has 1 aliphatic heterocycles. The Morgan fingerprint density at radius 1 is 1.33 bits per heavy atom. The molecule has 1 amide bonds. The summed E-state index contributed by atoms with van der Waals surface area (Å²) in [5.74, 6) is -0.0734. The van der Waals surface area contributed by atoms with Gasteiger partial charge in [-0.1, -0.05) is 30.3 Å². The van der Waals surface area contributed by atoms with Crippen LogP contribution < -0.4 is 11.1 Å². The molecule has 0 radical (unpaired) electrons. The summed E-state index contributed by atoms with van der Waals surface area (Å²) in [5.41, 5.74) is 6.82. The van der Waals surface area contributed by atoms with Gasteiger partial charge in [-0.3, -0.25) is 4.79 Å². The summed E-state index contributed by atoms with van der Waals surface area (Å²) < 4.78 is 0. The van der Waals surface area contributed by atoms with Crippen molar-refractivity contribution in [1.82, 2.24) is 10.2 Å². The summed E-state index contributed by atoms with van der Waals surface area (Å²) in [4.78, 5) is 14.3. The van der Waals surface area contributed by atoms with E-state index in [0.717, 1.165) is 31.5 Å². The fraction of sp³-hybridized carbons (Fsp3) is 0.500. The second-order valence-electron chi connectivity index (χ2n) is 4.97. The van der Waals surface area contributed by atoms with Crippen molar-refractivity contribution in [2.24, 2.45) is 5.73 Å². The fourth-order valence-electron chi connectivity index (χ4n) is 2.26. The number of nitrogens with zero attached hydrogens (tertiary/aromatic N) is 1. The molecule has 3 N–H and O–H groups in total. The highest BCUT2D eigenvalue weighted by Crippen LogP contribution is 2.12. The number of benzene rings is 1. The summed E-state index contributed by atoms with van der Waals surface area (Å²) in [7, 11) is 2.10. The van der Waals surface area contributed by atoms with E-state index in [9.17, 15) is 4.79 Å². The third kappa shape index (κ3) is 3.31. The van der Waals surface area contributed by atoms with Crippen LogP contribution in [-0.2, 0) is 4.79 Å². The lowest BCUT2D eigenvalue weighted by atomic mass is 10.0. The molecule has 0 aliphatic carbocycles. The zero-order chi connectivity index (χ0) is 13.0. The van der Waals surface area contributed by atoms with Crippen molar-refractivity contribution in [1.29, 1.82) is 0 Å². The molecule has 1 aromatic carbocycles. The van der Waals surface area contributed by atoms with Gasteiger partial charge < -0.3 is 16.0 Å². The van der Waals surface area contributed by atoms with Gasteiger partial charge in [0, 0.05) is 6.04 Å². The Balaban J connectivity index is 1.88. The van der Waals surface area contributed by atoms with Gasteiger partial charge in [0.25, 0.3) is 0 Å². The summed E-state index contributed by atoms with van der Waals surface area (Å²) in [6.07, 6.45) is 2.01. The van der Waals surface area contributed by atoms with E-state index in [0.29, 0.717) is 0 Å². The van der Waals surface area contributed by atoms with Gasteiger partial charge in [-0.2, -0.15) is 0 Å². The van der Waals surface area contributed by atoms with Crippen LogP contribution in [-0.4, -0.2) is 37.0 Å². The van der Waals surface area contributed by atoms with Crippen molar-refractivity contribution in [2.45, 2.75) is 24.9 Å². The van der Waals surface area contributed by atoms with Crippen LogP contribution >= 0.6 is 0 Å². The quantitative estimate of drug-likeness (QED) is 0.834. The molecule has 1 aliphatic rings. The zero-order valence-corrected chi connectivity index (χ0v) is 10.8. The maximum Gasteiger partial charge on any atom is 0.241 e. The second kappa shape index (κ2) is 5.98. The largest absolute Gasteiger partial charge is 0.352 e. The molecule has 98 valence electrons. The fourth-order valence-corrected chi connectivity index (χ4v) is 2.26. The van der Waals surface area contributed by atoms with E-state index in [-0.39, 0.29) is 11.9 Å². The van der Waals surface area contributed by atoms with Crippen LogP contribution in [0.1, 0.15) is 24.4 Å². The number of carbonyl (C=O) groups excluding carboxylic acids is 1. The Morgan fingerprint density at radius 2 is 1.94 bits per heavy atom. The van der Waals surface area contributed by atoms with Gasteiger partial charge in [0.2, 0.25) is 5.91 Å². The Kier molecular flexibility index (Phi) is 4.33. The number of nitrogens with two attached hydrogens (primary N) is 1. The molecule has 0 saturated carbocycles. The minimum atomic E-state index is -0.564. The summed E-state index contributed by atoms with van der Waals surface area (Å²) in [6.45, 7) is 2.07. The molecule has 0 spiro atoms. The lowest BCUT2D eigenvalue weighted by Crippen LogP contribution is -2.46. The van der Waals surface area contributed by atoms with E-state index in [2.05, 4.69) is 17.3 Å². The molecule has 1 aromatic rings. The maximum atomic E-state index is 12.0. The van der Waals surface area contributed by atoms with E-state index in [1.807, 2.05) is 30.3 Å². The number of hydrogen-bond acceptors (Lipinski definition) is 3. The first kappa shape index (κ1) is 13.1. The molecule has 4 heteroatoms. The van der Waals surface area contributed by atoms with Gasteiger partial charge in [-0.15, -0.1) is 0 Å². The first-order valence-corrected chi connectivity index (χ1v) is 6.46. The van der Waals surface area contributed by atoms with Crippen molar-refractivity contribution in [2.75, 3.05) is 20.1 Å². The van der Waals surface area contributed by atoms with Crippen molar-refractivity contribution in [3.8, 4) is 0 Å². The van der Waals surface area contributed by atoms with Crippen molar-refractivity contribution < 1.29 is 4.79 Å². The van der Waals surface area contributed by atoms with Crippen molar-refractivity contribution in [3.05, 3.63) is 35.9 Å². The monoisotopic (exact) mass is 247 g/mol. The summed E-state index contributed by atoms with van der Waals surface area (Å²) in [6, 6.07) is 9.20. The molecule has 4 nitrogen and oxygen atoms in total. The number of piperidine rings is 1. The average Bonchev–Trinajstić information content (AvgIpc) is 2.41. The molecule has 2 rings (SSSR count). The molecule has 18 heavy (non-hydrogen) atoms. The predicted octanol–water partition coefficient (Wildman–Crippen LogP) is 0.897. The smallest absolute Gasteiger partial charge is 0.241 e. The molecule has 1 fully saturated rings. The van der Waals surface area contributed by atoms with Gasteiger partial charge in [-0.05, 0) is 38.5 Å². The van der Waals surface area contributed by atoms with Gasteiger partial charge >= 0.3 is 0 Å². The van der Waals surface area contributed by atoms with E-state index in [1.54, 1.807) is 0 Å². The lowest BCUT2D eigenvalue weighted by molar-refractivity contribution is -0.123.